The van der Waals surface area contributed by atoms with Gasteiger partial charge in [0.2, 0.25) is 0 Å². The largest absolute Gasteiger partial charge is 0.478 e. The van der Waals surface area contributed by atoms with Crippen LogP contribution in [0.3, 0.4) is 0 Å². The molecular weight excluding hydrogens is 188 g/mol. The van der Waals surface area contributed by atoms with Gasteiger partial charge in [-0.15, -0.1) is 0 Å². The number of carbonyl (C=O) groups is 2. The van der Waals surface area contributed by atoms with E-state index in [0.29, 0.717) is 11.3 Å². The first-order chi connectivity index (χ1) is 6.50. The number of allylic oxidation sites excluding steroid dienone is 1. The fourth-order valence-electron chi connectivity index (χ4n) is 0.892. The molecule has 0 aliphatic rings. The lowest BCUT2D eigenvalue weighted by molar-refractivity contribution is -0.131. The number of aromatic amines is 1. The molecule has 0 spiro atoms. The van der Waals surface area contributed by atoms with Gasteiger partial charge in [0.1, 0.15) is 5.69 Å². The van der Waals surface area contributed by atoms with Crippen molar-refractivity contribution in [1.29, 1.82) is 0 Å². The summed E-state index contributed by atoms with van der Waals surface area (Å²) in [7, 11) is 0. The Bertz CT molecular complexity index is 405. The lowest BCUT2D eigenvalue weighted by Crippen LogP contribution is -1.95. The Hall–Kier alpha value is -2.11. The summed E-state index contributed by atoms with van der Waals surface area (Å²) < 4.78 is 0. The first-order valence-electron chi connectivity index (χ1n) is 3.71. The minimum atomic E-state index is -1.13. The maximum atomic E-state index is 10.5. The van der Waals surface area contributed by atoms with Crippen LogP contribution in [0.5, 0.6) is 0 Å². The lowest BCUT2D eigenvalue weighted by Gasteiger charge is -1.90. The first-order valence-corrected chi connectivity index (χ1v) is 3.71. The number of hydrogen-bond acceptors (Lipinski definition) is 3. The van der Waals surface area contributed by atoms with Crippen molar-refractivity contribution in [3.8, 4) is 0 Å². The number of nitrogens with one attached hydrogen (secondary N) is 1. The quantitative estimate of drug-likeness (QED) is 0.614. The number of carboxylic acid groups (broad SMARTS) is 2. The molecule has 3 N–H and O–H groups in total. The molecule has 0 saturated carbocycles. The van der Waals surface area contributed by atoms with E-state index in [1.165, 1.54) is 13.0 Å². The molecule has 0 aromatic carbocycles. The number of H-pyrrole nitrogens is 1. The van der Waals surface area contributed by atoms with Crippen LogP contribution in [0.2, 0.25) is 0 Å². The predicted molar refractivity (Wildman–Crippen MR) is 46.8 cm³/mol. The van der Waals surface area contributed by atoms with Crippen molar-refractivity contribution in [1.82, 2.24) is 10.2 Å². The Morgan fingerprint density at radius 2 is 2.14 bits per heavy atom. The van der Waals surface area contributed by atoms with Crippen molar-refractivity contribution >= 4 is 17.5 Å². The van der Waals surface area contributed by atoms with Crippen molar-refractivity contribution < 1.29 is 19.8 Å². The van der Waals surface area contributed by atoms with Crippen LogP contribution in [0.25, 0.3) is 5.57 Å². The molecule has 1 heterocycles. The van der Waals surface area contributed by atoms with Gasteiger partial charge in [-0.2, -0.15) is 5.10 Å². The maximum absolute atomic E-state index is 10.5. The van der Waals surface area contributed by atoms with Crippen LogP contribution in [0, 0.1) is 0 Å². The third-order valence-corrected chi connectivity index (χ3v) is 1.55. The lowest BCUT2D eigenvalue weighted by atomic mass is 10.2. The van der Waals surface area contributed by atoms with Crippen molar-refractivity contribution in [2.75, 3.05) is 0 Å². The summed E-state index contributed by atoms with van der Waals surface area (Å²) in [5.74, 6) is -2.23. The van der Waals surface area contributed by atoms with E-state index in [4.69, 9.17) is 10.2 Å². The molecular formula is C8H8N2O4. The monoisotopic (exact) mass is 196 g/mol. The summed E-state index contributed by atoms with van der Waals surface area (Å²) in [6.07, 6.45) is 0.960. The molecule has 0 radical (unpaired) electrons. The number of aromatic nitrogens is 2. The van der Waals surface area contributed by atoms with Crippen LogP contribution in [0.4, 0.5) is 0 Å². The number of aliphatic carboxylic acids is 1. The Morgan fingerprint density at radius 1 is 1.50 bits per heavy atom. The number of rotatable bonds is 3. The van der Waals surface area contributed by atoms with Crippen molar-refractivity contribution in [3.05, 3.63) is 23.5 Å². The molecule has 0 atom stereocenters. The Kier molecular flexibility index (Phi) is 2.66. The van der Waals surface area contributed by atoms with E-state index < -0.39 is 11.9 Å². The van der Waals surface area contributed by atoms with Crippen LogP contribution in [0.15, 0.2) is 12.1 Å². The van der Waals surface area contributed by atoms with Crippen LogP contribution in [-0.2, 0) is 4.79 Å². The second kappa shape index (κ2) is 3.73. The van der Waals surface area contributed by atoms with Gasteiger partial charge in [0.05, 0.1) is 5.69 Å². The average Bonchev–Trinajstić information content (AvgIpc) is 2.50. The van der Waals surface area contributed by atoms with E-state index in [9.17, 15) is 9.59 Å². The normalized spacial score (nSPS) is 11.4. The highest BCUT2D eigenvalue weighted by molar-refractivity contribution is 5.90. The molecule has 1 aromatic heterocycles. The standard InChI is InChI=1S/C8H8N2O4/c1-4(2-7(11)12)5-3-6(8(13)14)10-9-5/h2-3H,1H3,(H,9,10)(H,11,12)(H,13,14). The smallest absolute Gasteiger partial charge is 0.353 e. The van der Waals surface area contributed by atoms with E-state index in [2.05, 4.69) is 10.2 Å². The van der Waals surface area contributed by atoms with Gasteiger partial charge < -0.3 is 10.2 Å². The van der Waals surface area contributed by atoms with Gasteiger partial charge in [-0.05, 0) is 18.6 Å². The van der Waals surface area contributed by atoms with Crippen LogP contribution >= 0.6 is 0 Å². The molecule has 0 aliphatic heterocycles. The molecule has 1 aromatic rings. The summed E-state index contributed by atoms with van der Waals surface area (Å²) in [6, 6.07) is 1.27. The van der Waals surface area contributed by atoms with Crippen molar-refractivity contribution in [3.63, 3.8) is 0 Å². The van der Waals surface area contributed by atoms with Crippen LogP contribution < -0.4 is 0 Å². The van der Waals surface area contributed by atoms with Crippen LogP contribution in [-0.4, -0.2) is 32.3 Å². The van der Waals surface area contributed by atoms with Crippen molar-refractivity contribution in [2.45, 2.75) is 6.92 Å². The van der Waals surface area contributed by atoms with E-state index in [0.717, 1.165) is 6.08 Å². The fourth-order valence-corrected chi connectivity index (χ4v) is 0.892. The highest BCUT2D eigenvalue weighted by atomic mass is 16.4. The van der Waals surface area contributed by atoms with E-state index in [-0.39, 0.29) is 5.69 Å². The Labute approximate surface area is 78.9 Å². The van der Waals surface area contributed by atoms with Gasteiger partial charge in [-0.3, -0.25) is 5.10 Å². The van der Waals surface area contributed by atoms with Gasteiger partial charge in [0, 0.05) is 6.08 Å². The minimum Gasteiger partial charge on any atom is -0.478 e. The average molecular weight is 196 g/mol. The molecule has 14 heavy (non-hydrogen) atoms. The number of aromatic carboxylic acids is 1. The highest BCUT2D eigenvalue weighted by Crippen LogP contribution is 2.11. The number of carboxylic acids is 2. The van der Waals surface area contributed by atoms with Crippen LogP contribution in [0.1, 0.15) is 23.1 Å². The zero-order valence-electron chi connectivity index (χ0n) is 7.31. The highest BCUT2D eigenvalue weighted by Gasteiger charge is 2.08. The Balaban J connectivity index is 2.97. The first kappa shape index (κ1) is 9.97. The van der Waals surface area contributed by atoms with E-state index >= 15 is 0 Å². The maximum Gasteiger partial charge on any atom is 0.353 e. The summed E-state index contributed by atoms with van der Waals surface area (Å²) in [5, 5.41) is 22.9. The van der Waals surface area contributed by atoms with Crippen molar-refractivity contribution in [2.24, 2.45) is 0 Å². The van der Waals surface area contributed by atoms with Gasteiger partial charge in [-0.25, -0.2) is 9.59 Å². The molecule has 6 heteroatoms. The molecule has 6 nitrogen and oxygen atoms in total. The summed E-state index contributed by atoms with van der Waals surface area (Å²) in [4.78, 5) is 20.7. The summed E-state index contributed by atoms with van der Waals surface area (Å²) >= 11 is 0. The van der Waals surface area contributed by atoms with Gasteiger partial charge >= 0.3 is 11.9 Å². The molecule has 0 saturated heterocycles. The topological polar surface area (TPSA) is 103 Å². The minimum absolute atomic E-state index is 0.0712. The third-order valence-electron chi connectivity index (χ3n) is 1.55. The number of hydrogen-bond donors (Lipinski definition) is 3. The molecule has 0 amide bonds. The number of nitrogens with zero attached hydrogens (tertiary/aromatic N) is 1. The zero-order chi connectivity index (χ0) is 10.7. The molecule has 0 fully saturated rings. The fraction of sp³-hybridized carbons (Fsp3) is 0.125. The second-order valence-electron chi connectivity index (χ2n) is 2.64. The summed E-state index contributed by atoms with van der Waals surface area (Å²) in [5.41, 5.74) is 0.629. The Morgan fingerprint density at radius 3 is 2.57 bits per heavy atom. The molecule has 0 bridgehead atoms. The van der Waals surface area contributed by atoms with E-state index in [1.54, 1.807) is 0 Å². The molecule has 0 unspecified atom stereocenters. The second-order valence-corrected chi connectivity index (χ2v) is 2.64. The molecule has 1 rings (SSSR count). The van der Waals surface area contributed by atoms with Gasteiger partial charge in [0.15, 0.2) is 0 Å². The van der Waals surface area contributed by atoms with Gasteiger partial charge in [0.25, 0.3) is 0 Å². The summed E-state index contributed by atoms with van der Waals surface area (Å²) in [6.45, 7) is 1.54. The molecule has 0 aliphatic carbocycles. The molecule has 74 valence electrons. The third kappa shape index (κ3) is 2.19. The van der Waals surface area contributed by atoms with E-state index in [1.807, 2.05) is 0 Å². The SMILES string of the molecule is CC(=CC(=O)O)c1cc(C(=O)O)[nH]n1. The predicted octanol–water partition coefficient (Wildman–Crippen LogP) is 0.596. The van der Waals surface area contributed by atoms with Gasteiger partial charge in [-0.1, -0.05) is 0 Å². The zero-order valence-corrected chi connectivity index (χ0v) is 7.31.